The number of carbonyl (C=O) groups excluding carboxylic acids is 2. The van der Waals surface area contributed by atoms with E-state index >= 15 is 0 Å². The van der Waals surface area contributed by atoms with Crippen molar-refractivity contribution in [2.75, 3.05) is 33.2 Å². The molecule has 0 unspecified atom stereocenters. The van der Waals surface area contributed by atoms with Crippen molar-refractivity contribution in [1.29, 1.82) is 0 Å². The molecule has 162 valence electrons. The fourth-order valence-corrected chi connectivity index (χ4v) is 4.27. The molecule has 2 aromatic carbocycles. The van der Waals surface area contributed by atoms with Gasteiger partial charge in [-0.25, -0.2) is 0 Å². The van der Waals surface area contributed by atoms with E-state index in [2.05, 4.69) is 58.5 Å². The summed E-state index contributed by atoms with van der Waals surface area (Å²) in [5, 5.41) is 8.18. The van der Waals surface area contributed by atoms with E-state index in [1.54, 1.807) is 0 Å². The number of benzene rings is 2. The summed E-state index contributed by atoms with van der Waals surface area (Å²) in [6.07, 6.45) is 0. The van der Waals surface area contributed by atoms with Gasteiger partial charge in [0.25, 0.3) is 5.91 Å². The zero-order valence-electron chi connectivity index (χ0n) is 18.3. The zero-order valence-corrected chi connectivity index (χ0v) is 18.3. The van der Waals surface area contributed by atoms with E-state index in [4.69, 9.17) is 0 Å². The molecular formula is C24H29N5O2. The Morgan fingerprint density at radius 1 is 1.10 bits per heavy atom. The van der Waals surface area contributed by atoms with Gasteiger partial charge in [-0.1, -0.05) is 48.0 Å². The monoisotopic (exact) mass is 419 g/mol. The van der Waals surface area contributed by atoms with Crippen LogP contribution < -0.4 is 5.32 Å². The summed E-state index contributed by atoms with van der Waals surface area (Å²) in [7, 11) is 2.08. The van der Waals surface area contributed by atoms with Gasteiger partial charge in [0.2, 0.25) is 5.91 Å². The highest BCUT2D eigenvalue weighted by Gasteiger charge is 2.25. The van der Waals surface area contributed by atoms with Crippen LogP contribution in [0.25, 0.3) is 10.9 Å². The van der Waals surface area contributed by atoms with Crippen LogP contribution in [0.4, 0.5) is 0 Å². The maximum atomic E-state index is 13.2. The number of para-hydroxylation sites is 1. The third-order valence-electron chi connectivity index (χ3n) is 5.73. The summed E-state index contributed by atoms with van der Waals surface area (Å²) >= 11 is 0. The number of nitrogens with zero attached hydrogens (tertiary/aromatic N) is 4. The van der Waals surface area contributed by atoms with E-state index in [-0.39, 0.29) is 17.9 Å². The van der Waals surface area contributed by atoms with Crippen molar-refractivity contribution in [2.45, 2.75) is 26.4 Å². The van der Waals surface area contributed by atoms with Gasteiger partial charge < -0.3 is 10.2 Å². The fourth-order valence-electron chi connectivity index (χ4n) is 4.27. The molecule has 0 radical (unpaired) electrons. The van der Waals surface area contributed by atoms with Crippen molar-refractivity contribution >= 4 is 22.7 Å². The highest BCUT2D eigenvalue weighted by atomic mass is 16.2. The topological polar surface area (TPSA) is 70.5 Å². The smallest absolute Gasteiger partial charge is 0.272 e. The summed E-state index contributed by atoms with van der Waals surface area (Å²) in [5.41, 5.74) is 3.48. The number of likely N-dealkylation sites (N-methyl/N-ethyl adjacent to an activating group) is 1. The van der Waals surface area contributed by atoms with E-state index in [9.17, 15) is 9.59 Å². The molecule has 2 heterocycles. The minimum absolute atomic E-state index is 0.0361. The number of fused-ring (bicyclic) bond motifs is 1. The second kappa shape index (κ2) is 8.99. The second-order valence-electron chi connectivity index (χ2n) is 8.45. The number of aromatic nitrogens is 2. The first kappa shape index (κ1) is 21.2. The molecule has 3 aromatic rings. The van der Waals surface area contributed by atoms with Gasteiger partial charge in [-0.3, -0.25) is 14.5 Å². The first-order valence-electron chi connectivity index (χ1n) is 10.7. The number of rotatable bonds is 4. The van der Waals surface area contributed by atoms with Gasteiger partial charge in [-0.15, -0.1) is 0 Å². The Morgan fingerprint density at radius 2 is 1.90 bits per heavy atom. The van der Waals surface area contributed by atoms with Crippen molar-refractivity contribution in [3.05, 3.63) is 65.4 Å². The summed E-state index contributed by atoms with van der Waals surface area (Å²) in [6, 6.07) is 15.9. The van der Waals surface area contributed by atoms with Crippen LogP contribution in [-0.2, 0) is 6.54 Å². The fraction of sp³-hybridized carbons (Fsp3) is 0.375. The van der Waals surface area contributed by atoms with Crippen molar-refractivity contribution in [3.63, 3.8) is 0 Å². The van der Waals surface area contributed by atoms with Gasteiger partial charge in [0.05, 0.1) is 11.6 Å². The number of hydrogen-bond donors (Lipinski definition) is 1. The average molecular weight is 420 g/mol. The van der Waals surface area contributed by atoms with E-state index in [1.165, 1.54) is 22.7 Å². The number of carbonyl (C=O) groups is 2. The van der Waals surface area contributed by atoms with Crippen LogP contribution in [0.15, 0.2) is 48.5 Å². The molecule has 0 saturated carbocycles. The van der Waals surface area contributed by atoms with E-state index in [0.29, 0.717) is 16.6 Å². The second-order valence-corrected chi connectivity index (χ2v) is 8.45. The average Bonchev–Trinajstić information content (AvgIpc) is 3.03. The maximum absolute atomic E-state index is 13.2. The molecule has 7 heteroatoms. The van der Waals surface area contributed by atoms with Crippen LogP contribution >= 0.6 is 0 Å². The number of nitrogens with one attached hydrogen (secondary N) is 1. The first-order chi connectivity index (χ1) is 14.9. The van der Waals surface area contributed by atoms with Gasteiger partial charge in [0.15, 0.2) is 5.69 Å². The Morgan fingerprint density at radius 3 is 2.68 bits per heavy atom. The summed E-state index contributed by atoms with van der Waals surface area (Å²) < 4.78 is 1.30. The molecule has 31 heavy (non-hydrogen) atoms. The SMILES string of the molecule is CC(=O)n1nc(C(=O)N[C@@H]2CN(C)CCN(Cc3cccc(C)c3)C2)c2ccccc21. The van der Waals surface area contributed by atoms with Crippen molar-refractivity contribution in [2.24, 2.45) is 0 Å². The Hall–Kier alpha value is -3.03. The predicted octanol–water partition coefficient (Wildman–Crippen LogP) is 2.55. The van der Waals surface area contributed by atoms with Crippen molar-refractivity contribution < 1.29 is 9.59 Å². The molecule has 0 bridgehead atoms. The van der Waals surface area contributed by atoms with Gasteiger partial charge in [-0.2, -0.15) is 9.78 Å². The predicted molar refractivity (Wildman–Crippen MR) is 121 cm³/mol. The lowest BCUT2D eigenvalue weighted by Crippen LogP contribution is -2.46. The molecular weight excluding hydrogens is 390 g/mol. The van der Waals surface area contributed by atoms with Crippen LogP contribution in [0.5, 0.6) is 0 Å². The quantitative estimate of drug-likeness (QED) is 0.704. The molecule has 7 nitrogen and oxygen atoms in total. The van der Waals surface area contributed by atoms with Crippen molar-refractivity contribution in [1.82, 2.24) is 24.9 Å². The van der Waals surface area contributed by atoms with Crippen LogP contribution in [0.3, 0.4) is 0 Å². The highest BCUT2D eigenvalue weighted by molar-refractivity contribution is 6.06. The number of amides is 1. The lowest BCUT2D eigenvalue weighted by molar-refractivity contribution is 0.0912. The van der Waals surface area contributed by atoms with Gasteiger partial charge >= 0.3 is 0 Å². The Balaban J connectivity index is 1.52. The summed E-state index contributed by atoms with van der Waals surface area (Å²) in [6.45, 7) is 7.82. The number of hydrogen-bond acceptors (Lipinski definition) is 5. The third kappa shape index (κ3) is 4.84. The maximum Gasteiger partial charge on any atom is 0.272 e. The van der Waals surface area contributed by atoms with Crippen molar-refractivity contribution in [3.8, 4) is 0 Å². The van der Waals surface area contributed by atoms with Gasteiger partial charge in [0, 0.05) is 45.0 Å². The Bertz CT molecular complexity index is 1110. The summed E-state index contributed by atoms with van der Waals surface area (Å²) in [5.74, 6) is -0.458. The normalized spacial score (nSPS) is 18.1. The lowest BCUT2D eigenvalue weighted by atomic mass is 10.1. The van der Waals surface area contributed by atoms with Gasteiger partial charge in [-0.05, 0) is 25.6 Å². The Kier molecular flexibility index (Phi) is 6.15. The largest absolute Gasteiger partial charge is 0.345 e. The van der Waals surface area contributed by atoms with Crippen LogP contribution in [0, 0.1) is 6.92 Å². The molecule has 1 aliphatic heterocycles. The van der Waals surface area contributed by atoms with E-state index < -0.39 is 0 Å². The minimum atomic E-state index is -0.244. The lowest BCUT2D eigenvalue weighted by Gasteiger charge is -2.24. The summed E-state index contributed by atoms with van der Waals surface area (Å²) in [4.78, 5) is 29.8. The zero-order chi connectivity index (χ0) is 22.0. The van der Waals surface area contributed by atoms with Crippen LogP contribution in [0.2, 0.25) is 0 Å². The van der Waals surface area contributed by atoms with E-state index in [1.807, 2.05) is 24.3 Å². The molecule has 1 saturated heterocycles. The number of aryl methyl sites for hydroxylation is 1. The standard InChI is InChI=1S/C24H29N5O2/c1-17-7-6-8-19(13-17)14-28-12-11-27(3)15-20(16-28)25-24(31)23-21-9-4-5-10-22(21)29(26-23)18(2)30/h4-10,13,20H,11-12,14-16H2,1-3H3,(H,25,31)/t20-/m1/s1. The van der Waals surface area contributed by atoms with Gasteiger partial charge in [0.1, 0.15) is 0 Å². The van der Waals surface area contributed by atoms with Crippen LogP contribution in [0.1, 0.15) is 33.3 Å². The molecule has 1 aliphatic rings. The molecule has 1 N–H and O–H groups in total. The Labute approximate surface area is 182 Å². The molecule has 0 aliphatic carbocycles. The first-order valence-corrected chi connectivity index (χ1v) is 10.7. The molecule has 1 amide bonds. The minimum Gasteiger partial charge on any atom is -0.345 e. The third-order valence-corrected chi connectivity index (χ3v) is 5.73. The molecule has 0 spiro atoms. The molecule has 4 rings (SSSR count). The highest BCUT2D eigenvalue weighted by Crippen LogP contribution is 2.19. The van der Waals surface area contributed by atoms with Crippen LogP contribution in [-0.4, -0.2) is 70.7 Å². The molecule has 1 atom stereocenters. The molecule has 1 fully saturated rings. The molecule has 1 aromatic heterocycles. The van der Waals surface area contributed by atoms with E-state index in [0.717, 1.165) is 32.7 Å².